The normalized spacial score (nSPS) is 52.2. The van der Waals surface area contributed by atoms with Crippen LogP contribution in [-0.4, -0.2) is 240 Å². The van der Waals surface area contributed by atoms with Gasteiger partial charge < -0.3 is 114 Å². The summed E-state index contributed by atoms with van der Waals surface area (Å²) in [6.45, 7) is 13.7. The quantitative estimate of drug-likeness (QED) is 0.0308. The van der Waals surface area contributed by atoms with Gasteiger partial charge in [0.25, 0.3) is 0 Å². The molecule has 4 aliphatic heterocycles. The zero-order chi connectivity index (χ0) is 60.1. The number of aliphatic hydroxyl groups is 12. The summed E-state index contributed by atoms with van der Waals surface area (Å²) in [7, 11) is 0. The van der Waals surface area contributed by atoms with Crippen LogP contribution in [0.15, 0.2) is 23.3 Å². The maximum atomic E-state index is 14.1. The first-order valence-electron chi connectivity index (χ1n) is 28.8. The fourth-order valence-corrected chi connectivity index (χ4v) is 16.6. The van der Waals surface area contributed by atoms with Gasteiger partial charge in [-0.2, -0.15) is 0 Å². The minimum absolute atomic E-state index is 0.0883. The lowest BCUT2D eigenvalue weighted by Gasteiger charge is -2.72. The molecule has 4 heterocycles. The van der Waals surface area contributed by atoms with Crippen LogP contribution < -0.4 is 0 Å². The number of carboxylic acid groups (broad SMARTS) is 1. The minimum atomic E-state index is -2.26. The van der Waals surface area contributed by atoms with Crippen LogP contribution >= 0.6 is 0 Å². The van der Waals surface area contributed by atoms with E-state index in [2.05, 4.69) is 40.7 Å². The van der Waals surface area contributed by atoms with Crippen LogP contribution in [0, 0.1) is 50.2 Å². The highest BCUT2D eigenvalue weighted by Gasteiger charge is 2.72. The van der Waals surface area contributed by atoms with Crippen LogP contribution in [-0.2, 0) is 57.0 Å². The van der Waals surface area contributed by atoms with E-state index in [9.17, 15) is 80.8 Å². The third-order valence-electron chi connectivity index (χ3n) is 21.7. The Balaban J connectivity index is 1.04. The number of esters is 1. The first-order valence-corrected chi connectivity index (χ1v) is 28.8. The Kier molecular flexibility index (Phi) is 18.2. The molecule has 25 nitrogen and oxygen atoms in total. The van der Waals surface area contributed by atoms with E-state index < -0.39 is 194 Å². The molecule has 13 N–H and O–H groups in total. The molecule has 4 saturated carbocycles. The molecule has 9 rings (SSSR count). The van der Waals surface area contributed by atoms with E-state index in [1.807, 2.05) is 0 Å². The van der Waals surface area contributed by atoms with Gasteiger partial charge in [0.05, 0.1) is 49.0 Å². The van der Waals surface area contributed by atoms with Crippen LogP contribution in [0.4, 0.5) is 0 Å². The molecule has 0 amide bonds. The zero-order valence-electron chi connectivity index (χ0n) is 47.8. The summed E-state index contributed by atoms with van der Waals surface area (Å²) in [5.41, 5.74) is -3.04. The van der Waals surface area contributed by atoms with Crippen molar-refractivity contribution in [2.45, 2.75) is 236 Å². The molecular weight excluding hydrogens is 1080 g/mol. The van der Waals surface area contributed by atoms with Crippen molar-refractivity contribution in [3.8, 4) is 0 Å². The Bertz CT molecular complexity index is 2390. The number of carbonyl (C=O) groups is 3. The highest BCUT2D eigenvalue weighted by atomic mass is 16.8. The number of rotatable bonds is 14. The molecule has 9 aliphatic rings. The number of allylic oxidation sites excluding steroid dienone is 3. The molecule has 0 aromatic heterocycles. The lowest BCUT2D eigenvalue weighted by atomic mass is 9.33. The Morgan fingerprint density at radius 2 is 1.29 bits per heavy atom. The Morgan fingerprint density at radius 3 is 1.94 bits per heavy atom. The van der Waals surface area contributed by atoms with Crippen LogP contribution in [0.25, 0.3) is 0 Å². The fraction of sp³-hybridized carbons (Fsp3) is 0.877. The van der Waals surface area contributed by atoms with Crippen LogP contribution in [0.3, 0.4) is 0 Å². The molecule has 8 fully saturated rings. The van der Waals surface area contributed by atoms with Crippen molar-refractivity contribution < 1.29 is 123 Å². The first kappa shape index (κ1) is 63.8. The van der Waals surface area contributed by atoms with Crippen molar-refractivity contribution >= 4 is 18.2 Å². The van der Waals surface area contributed by atoms with E-state index in [0.717, 1.165) is 11.9 Å². The lowest BCUT2D eigenvalue weighted by molar-refractivity contribution is -0.398. The number of aldehydes is 1. The van der Waals surface area contributed by atoms with Crippen molar-refractivity contribution in [3.05, 3.63) is 23.3 Å². The Labute approximate surface area is 476 Å². The van der Waals surface area contributed by atoms with E-state index in [1.54, 1.807) is 26.8 Å². The van der Waals surface area contributed by atoms with Crippen LogP contribution in [0.1, 0.15) is 107 Å². The molecule has 0 aromatic carbocycles. The first-order chi connectivity index (χ1) is 38.4. The van der Waals surface area contributed by atoms with Crippen molar-refractivity contribution in [1.82, 2.24) is 0 Å². The molecule has 82 heavy (non-hydrogen) atoms. The SMILES string of the molecule is C/C=C(/C)C(=O)OC[C@@]12[C@H](O)C[C@]3(C)C(=CC[C@@H]4[C@@]5(C)CC[C@H](O[C@@H]6O[C@H](C(=O)O)[C@@H](O)[C@H](O[C@@H]7OC[C@H](O)[C@H](O)[C@H]7O[C@@H]7OC[C@@H](O)[C@H](O)[C@H]7O)[C@H]6O[C@@H]6O[C@H](CO)[C@H](O)[C@H](O)[C@H]6O)[C@@](C)(C=O)[C@@H]5CC[C@]43C)[C@@H]1CC(C)(C)C[C@@H]2O. The highest BCUT2D eigenvalue weighted by molar-refractivity contribution is 5.87. The Morgan fingerprint density at radius 1 is 0.671 bits per heavy atom. The second-order valence-electron chi connectivity index (χ2n) is 26.7. The third-order valence-corrected chi connectivity index (χ3v) is 21.7. The third kappa shape index (κ3) is 10.5. The highest BCUT2D eigenvalue weighted by Crippen LogP contribution is 2.76. The number of carbonyl (C=O) groups excluding carboxylic acids is 2. The van der Waals surface area contributed by atoms with E-state index in [0.29, 0.717) is 44.1 Å². The van der Waals surface area contributed by atoms with Gasteiger partial charge >= 0.3 is 11.9 Å². The number of aliphatic hydroxyl groups excluding tert-OH is 12. The number of carboxylic acids is 1. The number of fused-ring (bicyclic) bond motifs is 7. The summed E-state index contributed by atoms with van der Waals surface area (Å²) in [4.78, 5) is 40.4. The predicted molar refractivity (Wildman–Crippen MR) is 278 cm³/mol. The molecule has 4 saturated heterocycles. The predicted octanol–water partition coefficient (Wildman–Crippen LogP) is -1.55. The molecule has 29 atom stereocenters. The van der Waals surface area contributed by atoms with Gasteiger partial charge in [0.15, 0.2) is 31.3 Å². The smallest absolute Gasteiger partial charge is 0.335 e. The zero-order valence-corrected chi connectivity index (χ0v) is 47.8. The number of hydrogen-bond acceptors (Lipinski definition) is 24. The van der Waals surface area contributed by atoms with Crippen LogP contribution in [0.5, 0.6) is 0 Å². The van der Waals surface area contributed by atoms with E-state index in [-0.39, 0.29) is 36.7 Å². The number of aliphatic carboxylic acids is 1. The maximum Gasteiger partial charge on any atom is 0.335 e. The van der Waals surface area contributed by atoms with Crippen molar-refractivity contribution in [3.63, 3.8) is 0 Å². The molecule has 466 valence electrons. The second kappa shape index (κ2) is 23.4. The van der Waals surface area contributed by atoms with Gasteiger partial charge in [0.1, 0.15) is 92.2 Å². The molecule has 0 radical (unpaired) electrons. The number of hydrogen-bond donors (Lipinski definition) is 13. The summed E-state index contributed by atoms with van der Waals surface area (Å²) in [5.74, 6) is -3.10. The fourth-order valence-electron chi connectivity index (χ4n) is 16.6. The summed E-state index contributed by atoms with van der Waals surface area (Å²) >= 11 is 0. The standard InChI is InChI=1S/C57H88O25/c1-9-24(2)47(73)76-23-57-26(16-52(3,4)17-32(57)62)25-10-11-31-53(5)14-13-34(54(6,22-59)30(53)12-15-55(31,7)56(25,8)18-33(57)63)78-51-45(82-49-40(69)38(67)37(66)29(19-58)77-49)42(41(70)43(80-51)46(71)72)79-50-44(36(65)28(61)21-75-50)81-48-39(68)35(64)27(60)20-74-48/h9-10,22,26-45,48-51,58,60-70H,11-21,23H2,1-8H3,(H,71,72)/b24-9-/t26-,27+,28-,29+,30+,31+,32-,33+,34-,35-,36-,37-,38-,39+,40+,41-,42-,43-,44+,45+,48-,49-,50-,51+,53-,54-,55+,56+,57+/m0/s1. The van der Waals surface area contributed by atoms with Gasteiger partial charge in [-0.3, -0.25) is 0 Å². The molecule has 0 bridgehead atoms. The minimum Gasteiger partial charge on any atom is -0.479 e. The average molecular weight is 1170 g/mol. The lowest BCUT2D eigenvalue weighted by Crippen LogP contribution is -2.70. The monoisotopic (exact) mass is 1170 g/mol. The van der Waals surface area contributed by atoms with Gasteiger partial charge in [-0.25, -0.2) is 9.59 Å². The van der Waals surface area contributed by atoms with Crippen molar-refractivity contribution in [2.24, 2.45) is 50.2 Å². The molecular formula is C57H88O25. The largest absolute Gasteiger partial charge is 0.479 e. The number of ether oxygens (including phenoxy) is 9. The summed E-state index contributed by atoms with van der Waals surface area (Å²) < 4.78 is 54.1. The summed E-state index contributed by atoms with van der Waals surface area (Å²) in [6, 6.07) is 0. The van der Waals surface area contributed by atoms with E-state index in [1.165, 1.54) is 0 Å². The molecule has 0 spiro atoms. The van der Waals surface area contributed by atoms with Gasteiger partial charge in [-0.05, 0) is 105 Å². The van der Waals surface area contributed by atoms with Gasteiger partial charge in [0.2, 0.25) is 0 Å². The van der Waals surface area contributed by atoms with Crippen molar-refractivity contribution in [2.75, 3.05) is 26.4 Å². The molecule has 5 aliphatic carbocycles. The Hall–Kier alpha value is -2.71. The maximum absolute atomic E-state index is 14.1. The average Bonchev–Trinajstić information content (AvgIpc) is 0.837. The van der Waals surface area contributed by atoms with Crippen molar-refractivity contribution in [1.29, 1.82) is 0 Å². The summed E-state index contributed by atoms with van der Waals surface area (Å²) in [5, 5.41) is 144. The molecule has 25 heteroatoms. The second-order valence-corrected chi connectivity index (χ2v) is 26.7. The van der Waals surface area contributed by atoms with E-state index >= 15 is 0 Å². The van der Waals surface area contributed by atoms with Gasteiger partial charge in [-0.15, -0.1) is 0 Å². The van der Waals surface area contributed by atoms with Crippen LogP contribution in [0.2, 0.25) is 0 Å². The molecule has 0 unspecified atom stereocenters. The van der Waals surface area contributed by atoms with E-state index in [4.69, 9.17) is 42.6 Å². The van der Waals surface area contributed by atoms with Gasteiger partial charge in [-0.1, -0.05) is 59.3 Å². The van der Waals surface area contributed by atoms with Gasteiger partial charge in [0, 0.05) is 5.57 Å². The summed E-state index contributed by atoms with van der Waals surface area (Å²) in [6.07, 6.45) is -29.2. The molecule has 0 aromatic rings. The topological polar surface area (TPSA) is 397 Å².